The summed E-state index contributed by atoms with van der Waals surface area (Å²) in [6.07, 6.45) is 5.96. The highest BCUT2D eigenvalue weighted by Crippen LogP contribution is 2.60. The van der Waals surface area contributed by atoms with Crippen molar-refractivity contribution in [2.45, 2.75) is 62.8 Å². The van der Waals surface area contributed by atoms with Gasteiger partial charge in [0.15, 0.2) is 0 Å². The first-order chi connectivity index (χ1) is 14.6. The van der Waals surface area contributed by atoms with E-state index in [1.165, 1.54) is 22.3 Å². The van der Waals surface area contributed by atoms with Gasteiger partial charge in [-0.25, -0.2) is 0 Å². The molecule has 2 aromatic rings. The Balaban J connectivity index is 1.33. The third-order valence-corrected chi connectivity index (χ3v) is 7.75. The summed E-state index contributed by atoms with van der Waals surface area (Å²) in [4.78, 5) is 14.7. The van der Waals surface area contributed by atoms with Crippen molar-refractivity contribution in [2.24, 2.45) is 0 Å². The molecule has 158 valence electrons. The Morgan fingerprint density at radius 3 is 2.70 bits per heavy atom. The molecular weight excluding hydrogens is 392 g/mol. The van der Waals surface area contributed by atoms with Gasteiger partial charge in [0, 0.05) is 48.5 Å². The van der Waals surface area contributed by atoms with E-state index in [9.17, 15) is 4.79 Å². The van der Waals surface area contributed by atoms with E-state index in [1.54, 1.807) is 0 Å². The Bertz CT molecular complexity index is 950. The third-order valence-electron chi connectivity index (χ3n) is 7.51. The summed E-state index contributed by atoms with van der Waals surface area (Å²) >= 11 is 6.44. The zero-order valence-corrected chi connectivity index (χ0v) is 18.5. The monoisotopic (exact) mass is 422 g/mol. The topological polar surface area (TPSA) is 32.3 Å². The number of amides is 1. The highest BCUT2D eigenvalue weighted by Gasteiger charge is 2.53. The van der Waals surface area contributed by atoms with Crippen LogP contribution in [0.4, 0.5) is 0 Å². The summed E-state index contributed by atoms with van der Waals surface area (Å²) in [7, 11) is 0. The first-order valence-corrected chi connectivity index (χ1v) is 11.9. The van der Waals surface area contributed by atoms with Crippen LogP contribution in [0.25, 0.3) is 0 Å². The number of rotatable bonds is 6. The molecular formula is C26H31ClN2O. The van der Waals surface area contributed by atoms with Gasteiger partial charge < -0.3 is 10.2 Å². The molecule has 0 spiro atoms. The van der Waals surface area contributed by atoms with Crippen LogP contribution in [0, 0.1) is 0 Å². The largest absolute Gasteiger partial charge is 0.353 e. The van der Waals surface area contributed by atoms with Gasteiger partial charge in [-0.05, 0) is 60.1 Å². The maximum atomic E-state index is 12.1. The van der Waals surface area contributed by atoms with Crippen LogP contribution in [0.3, 0.4) is 0 Å². The molecule has 0 radical (unpaired) electrons. The van der Waals surface area contributed by atoms with Crippen LogP contribution in [-0.2, 0) is 10.2 Å². The van der Waals surface area contributed by atoms with Crippen molar-refractivity contribution in [1.29, 1.82) is 0 Å². The van der Waals surface area contributed by atoms with Crippen LogP contribution in [-0.4, -0.2) is 36.5 Å². The fourth-order valence-electron chi connectivity index (χ4n) is 6.07. The van der Waals surface area contributed by atoms with Gasteiger partial charge >= 0.3 is 0 Å². The third kappa shape index (κ3) is 3.36. The first kappa shape index (κ1) is 20.1. The molecule has 4 heteroatoms. The number of unbranched alkanes of at least 4 members (excludes halogenated alkanes) is 1. The van der Waals surface area contributed by atoms with E-state index >= 15 is 0 Å². The predicted octanol–water partition coefficient (Wildman–Crippen LogP) is 5.25. The molecule has 2 unspecified atom stereocenters. The standard InChI is InChI=1S/C26H31ClN2O/c1-2-3-8-25(30)28-19-11-13-29(14-12-19)17-26-16-22(20-6-4-5-7-23(20)26)21-10-9-18(27)15-24(21)26/h4-7,9-10,15,19,22H,2-3,8,11-14,16-17H2,1H3,(H,28,30). The maximum absolute atomic E-state index is 12.1. The van der Waals surface area contributed by atoms with Crippen LogP contribution < -0.4 is 5.32 Å². The quantitative estimate of drug-likeness (QED) is 0.689. The van der Waals surface area contributed by atoms with Crippen LogP contribution in [0.1, 0.15) is 73.6 Å². The zero-order chi connectivity index (χ0) is 20.7. The van der Waals surface area contributed by atoms with Crippen molar-refractivity contribution in [3.63, 3.8) is 0 Å². The number of carbonyl (C=O) groups excluding carboxylic acids is 1. The molecule has 2 aromatic carbocycles. The minimum atomic E-state index is 0.0543. The van der Waals surface area contributed by atoms with E-state index in [4.69, 9.17) is 11.6 Å². The van der Waals surface area contributed by atoms with Crippen molar-refractivity contribution >= 4 is 17.5 Å². The second-order valence-electron chi connectivity index (χ2n) is 9.38. The van der Waals surface area contributed by atoms with Gasteiger partial charge in [-0.3, -0.25) is 4.79 Å². The van der Waals surface area contributed by atoms with Crippen LogP contribution in [0.2, 0.25) is 5.02 Å². The lowest BCUT2D eigenvalue weighted by Gasteiger charge is -2.40. The number of likely N-dealkylation sites (tertiary alicyclic amines) is 1. The Hall–Kier alpha value is -1.84. The molecule has 30 heavy (non-hydrogen) atoms. The van der Waals surface area contributed by atoms with E-state index in [0.717, 1.165) is 56.8 Å². The van der Waals surface area contributed by atoms with Crippen molar-refractivity contribution in [1.82, 2.24) is 10.2 Å². The average molecular weight is 423 g/mol. The summed E-state index contributed by atoms with van der Waals surface area (Å²) in [5.41, 5.74) is 5.97. The number of halogens is 1. The lowest BCUT2D eigenvalue weighted by Crippen LogP contribution is -2.48. The molecule has 0 saturated carbocycles. The van der Waals surface area contributed by atoms with Crippen molar-refractivity contribution in [2.75, 3.05) is 19.6 Å². The summed E-state index contributed by atoms with van der Waals surface area (Å²) in [5, 5.41) is 4.09. The Labute approximate surface area is 184 Å². The number of carbonyl (C=O) groups is 1. The van der Waals surface area contributed by atoms with Crippen molar-refractivity contribution < 1.29 is 4.79 Å². The van der Waals surface area contributed by atoms with E-state index in [0.29, 0.717) is 18.4 Å². The summed E-state index contributed by atoms with van der Waals surface area (Å²) in [5.74, 6) is 0.727. The SMILES string of the molecule is CCCCC(=O)NC1CCN(CC23CC(c4ccccc42)c2ccc(Cl)cc23)CC1. The lowest BCUT2D eigenvalue weighted by atomic mass is 9.74. The number of fused-ring (bicyclic) bond motifs is 8. The summed E-state index contributed by atoms with van der Waals surface area (Å²) in [6.45, 7) is 5.27. The average Bonchev–Trinajstić information content (AvgIpc) is 3.25. The van der Waals surface area contributed by atoms with Crippen LogP contribution >= 0.6 is 11.6 Å². The molecule has 1 heterocycles. The highest BCUT2D eigenvalue weighted by atomic mass is 35.5. The Morgan fingerprint density at radius 1 is 1.13 bits per heavy atom. The minimum absolute atomic E-state index is 0.0543. The molecule has 1 fully saturated rings. The molecule has 0 aromatic heterocycles. The normalized spacial score (nSPS) is 25.2. The van der Waals surface area contributed by atoms with Crippen LogP contribution in [0.15, 0.2) is 42.5 Å². The molecule has 2 atom stereocenters. The minimum Gasteiger partial charge on any atom is -0.353 e. The predicted molar refractivity (Wildman–Crippen MR) is 122 cm³/mol. The van der Waals surface area contributed by atoms with Gasteiger partial charge in [-0.2, -0.15) is 0 Å². The molecule has 5 rings (SSSR count). The van der Waals surface area contributed by atoms with Crippen LogP contribution in [0.5, 0.6) is 0 Å². The van der Waals surface area contributed by atoms with E-state index in [1.807, 2.05) is 6.07 Å². The second-order valence-corrected chi connectivity index (χ2v) is 9.82. The van der Waals surface area contributed by atoms with E-state index in [-0.39, 0.29) is 11.3 Å². The highest BCUT2D eigenvalue weighted by molar-refractivity contribution is 6.30. The molecule has 2 aliphatic carbocycles. The van der Waals surface area contributed by atoms with E-state index < -0.39 is 0 Å². The number of hydrogen-bond acceptors (Lipinski definition) is 2. The number of nitrogens with zero attached hydrogens (tertiary/aromatic N) is 1. The first-order valence-electron chi connectivity index (χ1n) is 11.5. The summed E-state index contributed by atoms with van der Waals surface area (Å²) in [6, 6.07) is 15.9. The molecule has 1 saturated heterocycles. The van der Waals surface area contributed by atoms with Crippen molar-refractivity contribution in [3.05, 3.63) is 69.7 Å². The molecule has 1 N–H and O–H groups in total. The Morgan fingerprint density at radius 2 is 1.90 bits per heavy atom. The fourth-order valence-corrected chi connectivity index (χ4v) is 6.25. The maximum Gasteiger partial charge on any atom is 0.220 e. The summed E-state index contributed by atoms with van der Waals surface area (Å²) < 4.78 is 0. The van der Waals surface area contributed by atoms with E-state index in [2.05, 4.69) is 53.5 Å². The number of nitrogens with one attached hydrogen (secondary N) is 1. The lowest BCUT2D eigenvalue weighted by molar-refractivity contribution is -0.122. The molecule has 1 aliphatic heterocycles. The molecule has 3 nitrogen and oxygen atoms in total. The van der Waals surface area contributed by atoms with Gasteiger partial charge in [-0.15, -0.1) is 0 Å². The smallest absolute Gasteiger partial charge is 0.220 e. The zero-order valence-electron chi connectivity index (χ0n) is 17.8. The van der Waals surface area contributed by atoms with Gasteiger partial charge in [-0.1, -0.05) is 55.3 Å². The molecule has 2 bridgehead atoms. The fraction of sp³-hybridized carbons (Fsp3) is 0.500. The number of benzene rings is 2. The second kappa shape index (κ2) is 8.01. The molecule has 3 aliphatic rings. The number of hydrogen-bond donors (Lipinski definition) is 1. The van der Waals surface area contributed by atoms with Gasteiger partial charge in [0.1, 0.15) is 0 Å². The van der Waals surface area contributed by atoms with Crippen molar-refractivity contribution in [3.8, 4) is 0 Å². The van der Waals surface area contributed by atoms with Gasteiger partial charge in [0.25, 0.3) is 0 Å². The van der Waals surface area contributed by atoms with Gasteiger partial charge in [0.2, 0.25) is 5.91 Å². The Kier molecular flexibility index (Phi) is 5.37. The number of piperidine rings is 1. The van der Waals surface area contributed by atoms with Gasteiger partial charge in [0.05, 0.1) is 0 Å². The molecule has 1 amide bonds.